The van der Waals surface area contributed by atoms with Crippen LogP contribution in [0.5, 0.6) is 11.5 Å². The van der Waals surface area contributed by atoms with Crippen molar-refractivity contribution >= 4 is 62.6 Å². The molecule has 4 aromatic rings. The molecule has 1 aliphatic carbocycles. The minimum absolute atomic E-state index is 0. The fourth-order valence-corrected chi connectivity index (χ4v) is 11.6. The predicted octanol–water partition coefficient (Wildman–Crippen LogP) is 7.40. The largest absolute Gasteiger partial charge is 0.870 e. The fourth-order valence-electron chi connectivity index (χ4n) is 7.93. The highest BCUT2D eigenvalue weighted by molar-refractivity contribution is 8.02. The number of halogens is 4. The smallest absolute Gasteiger partial charge is 0.387 e. The van der Waals surface area contributed by atoms with Crippen LogP contribution in [0.15, 0.2) is 90.1 Å². The zero-order valence-electron chi connectivity index (χ0n) is 33.3. The number of benzene rings is 3. The van der Waals surface area contributed by atoms with E-state index in [0.29, 0.717) is 53.1 Å². The van der Waals surface area contributed by atoms with Gasteiger partial charge in [-0.05, 0) is 92.1 Å². The molecule has 5 heterocycles. The van der Waals surface area contributed by atoms with Crippen molar-refractivity contribution in [1.82, 2.24) is 9.21 Å². The molecule has 0 amide bonds. The summed E-state index contributed by atoms with van der Waals surface area (Å²) in [5.74, 6) is -0.561. The van der Waals surface area contributed by atoms with Crippen molar-refractivity contribution < 1.29 is 56.2 Å². The average molecular weight is 936 g/mol. The molecule has 4 atom stereocenters. The number of rotatable bonds is 17. The Hall–Kier alpha value is -4.23. The van der Waals surface area contributed by atoms with Gasteiger partial charge in [0.25, 0.3) is 0 Å². The van der Waals surface area contributed by atoms with Gasteiger partial charge in [-0.1, -0.05) is 65.7 Å². The molecular formula is C43H46Cl2F2N4O9S2. The van der Waals surface area contributed by atoms with E-state index in [0.717, 1.165) is 54.8 Å². The summed E-state index contributed by atoms with van der Waals surface area (Å²) in [5, 5.41) is 2.46. The molecule has 5 aliphatic rings. The average Bonchev–Trinajstić information content (AvgIpc) is 3.95. The van der Waals surface area contributed by atoms with Gasteiger partial charge in [0.15, 0.2) is 35.3 Å². The number of H-pyrrole nitrogens is 1. The maximum absolute atomic E-state index is 14.4. The number of ether oxygens (including phenoxy) is 4. The zero-order valence-corrected chi connectivity index (χ0v) is 36.5. The highest BCUT2D eigenvalue weighted by Crippen LogP contribution is 2.40. The number of aromatic nitrogens is 1. The Morgan fingerprint density at radius 1 is 0.903 bits per heavy atom. The van der Waals surface area contributed by atoms with Crippen molar-refractivity contribution in [3.63, 3.8) is 0 Å². The lowest BCUT2D eigenvalue weighted by Gasteiger charge is -2.44. The number of nitrogens with zero attached hydrogens (tertiary/aromatic N) is 2. The molecule has 4 saturated heterocycles. The molecule has 332 valence electrons. The normalized spacial score (nSPS) is 22.0. The molecule has 1 aromatic heterocycles. The van der Waals surface area contributed by atoms with Crippen molar-refractivity contribution in [1.29, 1.82) is 0 Å². The number of anilines is 1. The number of alkyl halides is 2. The first kappa shape index (κ1) is 45.8. The van der Waals surface area contributed by atoms with E-state index >= 15 is 0 Å². The number of carbonyl (C=O) groups excluding carboxylic acids is 2. The monoisotopic (exact) mass is 934 g/mol. The summed E-state index contributed by atoms with van der Waals surface area (Å²) in [5.41, 5.74) is 1.81. The first-order valence-corrected chi connectivity index (χ1v) is 23.4. The van der Waals surface area contributed by atoms with Crippen LogP contribution < -0.4 is 19.8 Å². The molecule has 62 heavy (non-hydrogen) atoms. The van der Waals surface area contributed by atoms with Crippen LogP contribution in [-0.2, 0) is 35.5 Å². The van der Waals surface area contributed by atoms with Crippen LogP contribution in [0.25, 0.3) is 0 Å². The number of esters is 2. The molecule has 13 nitrogen and oxygen atoms in total. The Morgan fingerprint density at radius 2 is 1.65 bits per heavy atom. The summed E-state index contributed by atoms with van der Waals surface area (Å²) < 4.78 is 79.6. The van der Waals surface area contributed by atoms with E-state index in [9.17, 15) is 26.8 Å². The third-order valence-corrected chi connectivity index (χ3v) is 15.3. The minimum atomic E-state index is -4.31. The van der Waals surface area contributed by atoms with Crippen molar-refractivity contribution in [2.24, 2.45) is 11.8 Å². The molecule has 3 aromatic carbocycles. The number of nitrogens with one attached hydrogen (secondary N) is 2. The lowest BCUT2D eigenvalue weighted by atomic mass is 9.86. The van der Waals surface area contributed by atoms with Gasteiger partial charge in [-0.15, -0.1) is 11.8 Å². The molecule has 19 heteroatoms. The molecule has 1 saturated carbocycles. The Balaban J connectivity index is 0.00000578. The molecule has 5 fully saturated rings. The Labute approximate surface area is 372 Å². The zero-order chi connectivity index (χ0) is 42.7. The van der Waals surface area contributed by atoms with Gasteiger partial charge in [-0.25, -0.2) is 23.0 Å². The molecule has 1 unspecified atom stereocenters. The number of carbonyl (C=O) groups is 2. The van der Waals surface area contributed by atoms with Gasteiger partial charge in [-0.2, -0.15) is 13.1 Å². The summed E-state index contributed by atoms with van der Waals surface area (Å²) in [4.78, 5) is 33.1. The van der Waals surface area contributed by atoms with Crippen molar-refractivity contribution in [3.8, 4) is 11.5 Å². The van der Waals surface area contributed by atoms with Crippen LogP contribution in [0.4, 0.5) is 14.5 Å². The molecular weight excluding hydrogens is 890 g/mol. The topological polar surface area (TPSA) is 168 Å². The lowest BCUT2D eigenvalue weighted by molar-refractivity contribution is -0.377. The molecule has 0 radical (unpaired) electrons. The van der Waals surface area contributed by atoms with Gasteiger partial charge >= 0.3 is 18.6 Å². The van der Waals surface area contributed by atoms with Gasteiger partial charge in [0.05, 0.1) is 11.5 Å². The van der Waals surface area contributed by atoms with Crippen molar-refractivity contribution in [2.75, 3.05) is 43.9 Å². The number of aromatic amines is 1. The molecule has 4 aliphatic heterocycles. The van der Waals surface area contributed by atoms with Gasteiger partial charge in [0.1, 0.15) is 22.3 Å². The molecule has 2 bridgehead atoms. The van der Waals surface area contributed by atoms with E-state index in [1.54, 1.807) is 12.1 Å². The Morgan fingerprint density at radius 3 is 2.32 bits per heavy atom. The first-order chi connectivity index (χ1) is 29.4. The lowest BCUT2D eigenvalue weighted by Crippen LogP contribution is -2.52. The number of sulfonamides is 1. The molecule has 3 N–H and O–H groups in total. The Kier molecular flexibility index (Phi) is 14.8. The van der Waals surface area contributed by atoms with Crippen LogP contribution in [-0.4, -0.2) is 91.7 Å². The minimum Gasteiger partial charge on any atom is -0.870 e. The second-order valence-electron chi connectivity index (χ2n) is 15.6. The van der Waals surface area contributed by atoms with Crippen LogP contribution in [0.3, 0.4) is 0 Å². The van der Waals surface area contributed by atoms with Crippen LogP contribution in [0.1, 0.15) is 54.5 Å². The second kappa shape index (κ2) is 20.1. The van der Waals surface area contributed by atoms with Crippen LogP contribution >= 0.6 is 35.0 Å². The van der Waals surface area contributed by atoms with E-state index in [1.165, 1.54) is 42.7 Å². The standard InChI is InChI=1S/C43H44Cl2F2N4O8S2.H2O/c44-33-22-48-23-34(45)32(33)21-36(29-11-12-35(59-43(46)47)37(19-29)56-25-26-9-10-26)57-42(53)40-51(17-18-60-40)61(54,55)31-8-4-7-30(20-31)49-39(28-5-2-1-3-6-28)41(52)58-38-24-50-15-13-27(38)14-16-50;/h1-8,11-12,19-20,22-23,26-27,36,38-40,43,49H,9-10,13-18,21,24-25H2;1H2/t36-,38-,39?,40-;/m0./s1. The summed E-state index contributed by atoms with van der Waals surface area (Å²) in [6.45, 7) is -0.119. The highest BCUT2D eigenvalue weighted by atomic mass is 35.5. The van der Waals surface area contributed by atoms with E-state index in [2.05, 4.69) is 15.2 Å². The number of fused-ring (bicyclic) bond motifs is 3. The first-order valence-electron chi connectivity index (χ1n) is 20.2. The second-order valence-corrected chi connectivity index (χ2v) is 19.5. The van der Waals surface area contributed by atoms with Gasteiger partial charge in [0.2, 0.25) is 10.0 Å². The number of thioether (sulfide) groups is 1. The highest BCUT2D eigenvalue weighted by Gasteiger charge is 2.43. The molecule has 9 rings (SSSR count). The molecule has 0 spiro atoms. The maximum atomic E-state index is 14.4. The van der Waals surface area contributed by atoms with E-state index in [-0.39, 0.29) is 51.0 Å². The number of piperidine rings is 3. The van der Waals surface area contributed by atoms with Gasteiger partial charge < -0.3 is 29.7 Å². The van der Waals surface area contributed by atoms with Crippen LogP contribution in [0.2, 0.25) is 10.0 Å². The predicted molar refractivity (Wildman–Crippen MR) is 227 cm³/mol. The third-order valence-electron chi connectivity index (χ3n) is 11.4. The quantitative estimate of drug-likeness (QED) is 0.104. The van der Waals surface area contributed by atoms with E-state index in [4.69, 9.17) is 42.1 Å². The van der Waals surface area contributed by atoms with E-state index in [1.807, 2.05) is 30.3 Å². The summed E-state index contributed by atoms with van der Waals surface area (Å²) in [6, 6.07) is 18.6. The van der Waals surface area contributed by atoms with E-state index < -0.39 is 46.1 Å². The summed E-state index contributed by atoms with van der Waals surface area (Å²) in [7, 11) is -4.31. The maximum Gasteiger partial charge on any atom is 0.387 e. The third kappa shape index (κ3) is 10.7. The SMILES string of the molecule is O=C(O[C@H]1CN2CCC1CC2)C(Nc1cccc(S(=O)(=O)N2CCS[C@H]2C(=O)O[C@@H](Cc2c(Cl)c[nH+]cc2Cl)c2ccc(OC(F)F)c(OCC3CC3)c2)c1)c1ccccc1.[OH-]. The number of pyridine rings is 1. The van der Waals surface area contributed by atoms with Gasteiger partial charge in [0, 0.05) is 36.5 Å². The number of hydrogen-bond donors (Lipinski definition) is 1. The Bertz CT molecular complexity index is 2310. The van der Waals surface area contributed by atoms with Crippen LogP contribution in [0, 0.1) is 11.8 Å². The van der Waals surface area contributed by atoms with Crippen molar-refractivity contribution in [3.05, 3.63) is 112 Å². The fraction of sp³-hybridized carbons (Fsp3) is 0.419. The van der Waals surface area contributed by atoms with Crippen molar-refractivity contribution in [2.45, 2.75) is 67.2 Å². The summed E-state index contributed by atoms with van der Waals surface area (Å²) >= 11 is 14.2. The summed E-state index contributed by atoms with van der Waals surface area (Å²) in [6.07, 6.45) is 5.51. The number of hydrogen-bond acceptors (Lipinski definition) is 12. The van der Waals surface area contributed by atoms with Gasteiger partial charge in [-0.3, -0.25) is 4.90 Å².